The Hall–Kier alpha value is -4.02. The van der Waals surface area contributed by atoms with Gasteiger partial charge in [-0.1, -0.05) is 12.1 Å². The number of aromatic nitrogens is 5. The lowest BCUT2D eigenvalue weighted by atomic mass is 9.86. The smallest absolute Gasteiger partial charge is 0.407 e. The number of carbonyl (C=O) groups is 2. The van der Waals surface area contributed by atoms with Crippen LogP contribution in [0.4, 0.5) is 4.79 Å². The average Bonchev–Trinajstić information content (AvgIpc) is 3.35. The van der Waals surface area contributed by atoms with Gasteiger partial charge in [0.15, 0.2) is 5.82 Å². The maximum absolute atomic E-state index is 12.8. The van der Waals surface area contributed by atoms with Gasteiger partial charge in [0.25, 0.3) is 5.91 Å². The molecule has 0 saturated heterocycles. The van der Waals surface area contributed by atoms with Gasteiger partial charge in [0.2, 0.25) is 0 Å². The molecule has 11 heteroatoms. The third-order valence-corrected chi connectivity index (χ3v) is 6.44. The van der Waals surface area contributed by atoms with Crippen LogP contribution in [0.1, 0.15) is 68.3 Å². The van der Waals surface area contributed by atoms with E-state index in [-0.39, 0.29) is 23.7 Å². The Kier molecular flexibility index (Phi) is 8.78. The molecule has 3 aromatic rings. The average molecular weight is 536 g/mol. The van der Waals surface area contributed by atoms with Crippen LogP contribution in [0, 0.1) is 12.8 Å². The molecule has 1 aromatic carbocycles. The minimum atomic E-state index is -0.504. The van der Waals surface area contributed by atoms with Crippen molar-refractivity contribution in [3.63, 3.8) is 0 Å². The van der Waals surface area contributed by atoms with E-state index in [2.05, 4.69) is 30.7 Å². The molecule has 0 atom stereocenters. The molecule has 1 aliphatic carbocycles. The number of methoxy groups -OCH3 is 1. The molecule has 2 amide bonds. The highest BCUT2D eigenvalue weighted by atomic mass is 16.6. The molecular weight excluding hydrogens is 498 g/mol. The maximum Gasteiger partial charge on any atom is 0.407 e. The third-order valence-electron chi connectivity index (χ3n) is 6.44. The summed E-state index contributed by atoms with van der Waals surface area (Å²) in [6.45, 7) is 8.39. The first-order valence-electron chi connectivity index (χ1n) is 13.2. The van der Waals surface area contributed by atoms with E-state index in [1.807, 2.05) is 49.7 Å². The van der Waals surface area contributed by atoms with Crippen LogP contribution in [0.3, 0.4) is 0 Å². The summed E-state index contributed by atoms with van der Waals surface area (Å²) in [5.41, 5.74) is 1.17. The zero-order chi connectivity index (χ0) is 28.0. The van der Waals surface area contributed by atoms with Crippen molar-refractivity contribution < 1.29 is 19.1 Å². The molecule has 0 bridgehead atoms. The highest BCUT2D eigenvalue weighted by molar-refractivity contribution is 5.93. The largest absolute Gasteiger partial charge is 0.497 e. The number of aryl methyl sites for hydroxylation is 1. The Morgan fingerprint density at radius 1 is 1.10 bits per heavy atom. The fourth-order valence-electron chi connectivity index (χ4n) is 4.58. The number of nitrogens with one attached hydrogen (secondary N) is 2. The molecule has 2 aromatic heterocycles. The molecule has 0 radical (unpaired) electrons. The van der Waals surface area contributed by atoms with Gasteiger partial charge in [0.05, 0.1) is 7.11 Å². The SMILES string of the molecule is COc1cccc(CNC(=O)c2cc(-c3ncn(CC4CCC(NC(=O)OC(C)(C)C)CC4)n3)nc(C)n2)c1. The van der Waals surface area contributed by atoms with Crippen LogP contribution in [-0.2, 0) is 17.8 Å². The van der Waals surface area contributed by atoms with Crippen molar-refractivity contribution in [2.45, 2.75) is 78.1 Å². The fraction of sp³-hybridized carbons (Fsp3) is 0.500. The van der Waals surface area contributed by atoms with E-state index in [1.165, 1.54) is 0 Å². The van der Waals surface area contributed by atoms with E-state index in [4.69, 9.17) is 9.47 Å². The van der Waals surface area contributed by atoms with Crippen molar-refractivity contribution in [1.29, 1.82) is 0 Å². The fourth-order valence-corrected chi connectivity index (χ4v) is 4.58. The number of carbonyl (C=O) groups excluding carboxylic acids is 2. The van der Waals surface area contributed by atoms with Gasteiger partial charge in [-0.25, -0.2) is 19.7 Å². The molecule has 0 unspecified atom stereocenters. The Morgan fingerprint density at radius 2 is 1.87 bits per heavy atom. The zero-order valence-corrected chi connectivity index (χ0v) is 23.2. The minimum Gasteiger partial charge on any atom is -0.497 e. The molecule has 0 spiro atoms. The molecule has 11 nitrogen and oxygen atoms in total. The van der Waals surface area contributed by atoms with E-state index in [0.29, 0.717) is 29.8 Å². The molecule has 1 aliphatic rings. The Labute approximate surface area is 228 Å². The second-order valence-electron chi connectivity index (χ2n) is 10.9. The first kappa shape index (κ1) is 28.0. The van der Waals surface area contributed by atoms with Crippen LogP contribution in [0.2, 0.25) is 0 Å². The van der Waals surface area contributed by atoms with Gasteiger partial charge in [-0.2, -0.15) is 0 Å². The summed E-state index contributed by atoms with van der Waals surface area (Å²) in [6, 6.07) is 9.26. The van der Waals surface area contributed by atoms with E-state index < -0.39 is 5.60 Å². The van der Waals surface area contributed by atoms with Crippen LogP contribution in [-0.4, -0.2) is 55.5 Å². The number of hydrogen-bond acceptors (Lipinski definition) is 8. The number of ether oxygens (including phenoxy) is 2. The van der Waals surface area contributed by atoms with Crippen molar-refractivity contribution in [1.82, 2.24) is 35.4 Å². The van der Waals surface area contributed by atoms with Crippen molar-refractivity contribution in [2.75, 3.05) is 7.11 Å². The second-order valence-corrected chi connectivity index (χ2v) is 10.9. The number of nitrogens with zero attached hydrogens (tertiary/aromatic N) is 5. The molecule has 2 N–H and O–H groups in total. The van der Waals surface area contributed by atoms with Crippen LogP contribution in [0.5, 0.6) is 5.75 Å². The van der Waals surface area contributed by atoms with Gasteiger partial charge < -0.3 is 20.1 Å². The lowest BCUT2D eigenvalue weighted by molar-refractivity contribution is 0.0485. The normalized spacial score (nSPS) is 17.4. The molecule has 2 heterocycles. The van der Waals surface area contributed by atoms with Gasteiger partial charge >= 0.3 is 6.09 Å². The van der Waals surface area contributed by atoms with Crippen LogP contribution in [0.25, 0.3) is 11.5 Å². The molecule has 4 rings (SSSR count). The Balaban J connectivity index is 1.32. The van der Waals surface area contributed by atoms with Crippen LogP contribution < -0.4 is 15.4 Å². The third kappa shape index (κ3) is 8.23. The first-order chi connectivity index (χ1) is 18.6. The summed E-state index contributed by atoms with van der Waals surface area (Å²) in [5.74, 6) is 1.77. The minimum absolute atomic E-state index is 0.125. The van der Waals surface area contributed by atoms with E-state index in [0.717, 1.165) is 43.5 Å². The lowest BCUT2D eigenvalue weighted by Gasteiger charge is -2.30. The number of benzene rings is 1. The molecule has 1 fully saturated rings. The van der Waals surface area contributed by atoms with Crippen molar-refractivity contribution in [2.24, 2.45) is 5.92 Å². The first-order valence-corrected chi connectivity index (χ1v) is 13.2. The monoisotopic (exact) mass is 535 g/mol. The van der Waals surface area contributed by atoms with Crippen molar-refractivity contribution in [3.8, 4) is 17.3 Å². The highest BCUT2D eigenvalue weighted by Gasteiger charge is 2.25. The zero-order valence-electron chi connectivity index (χ0n) is 23.2. The van der Waals surface area contributed by atoms with E-state index in [9.17, 15) is 9.59 Å². The molecule has 39 heavy (non-hydrogen) atoms. The molecular formula is C28H37N7O4. The summed E-state index contributed by atoms with van der Waals surface area (Å²) in [4.78, 5) is 38.1. The number of alkyl carbamates (subject to hydrolysis) is 1. The number of hydrogen-bond donors (Lipinski definition) is 2. The summed E-state index contributed by atoms with van der Waals surface area (Å²) in [6.07, 6.45) is 5.07. The van der Waals surface area contributed by atoms with Gasteiger partial charge in [-0.15, -0.1) is 5.10 Å². The predicted molar refractivity (Wildman–Crippen MR) is 145 cm³/mol. The summed E-state index contributed by atoms with van der Waals surface area (Å²) in [5, 5.41) is 10.5. The quantitative estimate of drug-likeness (QED) is 0.441. The molecule has 0 aliphatic heterocycles. The van der Waals surface area contributed by atoms with Gasteiger partial charge in [-0.3, -0.25) is 9.48 Å². The van der Waals surface area contributed by atoms with Gasteiger partial charge in [0, 0.05) is 19.1 Å². The Bertz CT molecular complexity index is 1290. The second kappa shape index (κ2) is 12.2. The lowest BCUT2D eigenvalue weighted by Crippen LogP contribution is -2.41. The van der Waals surface area contributed by atoms with E-state index >= 15 is 0 Å². The predicted octanol–water partition coefficient (Wildman–Crippen LogP) is 4.07. The standard InChI is InChI=1S/C28H37N7O4/c1-18-31-23(14-24(32-18)26(36)29-15-20-7-6-8-22(13-20)38-5)25-30-17-35(34-25)16-19-9-11-21(12-10-19)33-27(37)39-28(2,3)4/h6-8,13-14,17,19,21H,9-12,15-16H2,1-5H3,(H,29,36)(H,33,37). The number of amides is 2. The summed E-state index contributed by atoms with van der Waals surface area (Å²) in [7, 11) is 1.61. The highest BCUT2D eigenvalue weighted by Crippen LogP contribution is 2.26. The van der Waals surface area contributed by atoms with Crippen molar-refractivity contribution in [3.05, 3.63) is 53.7 Å². The van der Waals surface area contributed by atoms with Crippen LogP contribution in [0.15, 0.2) is 36.7 Å². The maximum atomic E-state index is 12.8. The molecule has 208 valence electrons. The van der Waals surface area contributed by atoms with E-state index in [1.54, 1.807) is 26.4 Å². The number of rotatable bonds is 8. The summed E-state index contributed by atoms with van der Waals surface area (Å²) >= 11 is 0. The Morgan fingerprint density at radius 3 is 2.59 bits per heavy atom. The van der Waals surface area contributed by atoms with Gasteiger partial charge in [0.1, 0.15) is 34.9 Å². The van der Waals surface area contributed by atoms with Gasteiger partial charge in [-0.05, 0) is 83.1 Å². The van der Waals surface area contributed by atoms with Crippen LogP contribution >= 0.6 is 0 Å². The van der Waals surface area contributed by atoms with Crippen molar-refractivity contribution >= 4 is 12.0 Å². The molecule has 1 saturated carbocycles. The summed E-state index contributed by atoms with van der Waals surface area (Å²) < 4.78 is 12.4. The topological polar surface area (TPSA) is 133 Å².